The van der Waals surface area contributed by atoms with Gasteiger partial charge >= 0.3 is 0 Å². The fourth-order valence-corrected chi connectivity index (χ4v) is 2.52. The molecule has 0 aliphatic heterocycles. The number of aliphatic hydroxyl groups excluding tert-OH is 1. The van der Waals surface area contributed by atoms with Gasteiger partial charge in [-0.1, -0.05) is 6.07 Å². The van der Waals surface area contributed by atoms with Gasteiger partial charge in [0.1, 0.15) is 0 Å². The van der Waals surface area contributed by atoms with Gasteiger partial charge in [0.05, 0.1) is 11.7 Å². The lowest BCUT2D eigenvalue weighted by molar-refractivity contribution is 0.203. The van der Waals surface area contributed by atoms with Crippen LogP contribution in [0.4, 0.5) is 0 Å². The van der Waals surface area contributed by atoms with Crippen molar-refractivity contribution in [1.29, 1.82) is 0 Å². The molecule has 1 unspecified atom stereocenters. The molecule has 0 saturated heterocycles. The molecule has 0 radical (unpaired) electrons. The first-order valence-corrected chi connectivity index (χ1v) is 6.11. The summed E-state index contributed by atoms with van der Waals surface area (Å²) in [6.07, 6.45) is 6.48. The Morgan fingerprint density at radius 2 is 2.38 bits per heavy atom. The van der Waals surface area contributed by atoms with Gasteiger partial charge in [-0.25, -0.2) is 0 Å². The van der Waals surface area contributed by atoms with E-state index in [0.29, 0.717) is 12.6 Å². The van der Waals surface area contributed by atoms with Crippen molar-refractivity contribution >= 4 is 0 Å². The van der Waals surface area contributed by atoms with Gasteiger partial charge in [0.15, 0.2) is 0 Å². The van der Waals surface area contributed by atoms with Gasteiger partial charge in [-0.2, -0.15) is 0 Å². The third-order valence-corrected chi connectivity index (χ3v) is 3.97. The average molecular weight is 218 g/mol. The topological polar surface area (TPSA) is 45.1 Å². The second-order valence-electron chi connectivity index (χ2n) is 5.18. The second kappa shape index (κ2) is 3.82. The summed E-state index contributed by atoms with van der Waals surface area (Å²) in [6.45, 7) is 1.26. The van der Waals surface area contributed by atoms with Crippen LogP contribution in [0.3, 0.4) is 0 Å². The minimum absolute atomic E-state index is 0.192. The second-order valence-corrected chi connectivity index (χ2v) is 5.18. The highest BCUT2D eigenvalue weighted by molar-refractivity contribution is 5.27. The molecule has 2 N–H and O–H groups in total. The normalized spacial score (nSPS) is 25.4. The quantitative estimate of drug-likeness (QED) is 0.803. The number of nitrogens with one attached hydrogen (secondary N) is 1. The number of rotatable bonds is 4. The molecule has 0 aromatic carbocycles. The molecular formula is C13H18N2O. The van der Waals surface area contributed by atoms with E-state index in [0.717, 1.165) is 32.2 Å². The maximum atomic E-state index is 9.27. The van der Waals surface area contributed by atoms with Crippen LogP contribution >= 0.6 is 0 Å². The lowest BCUT2D eigenvalue weighted by Crippen LogP contribution is -2.29. The molecular weight excluding hydrogens is 200 g/mol. The summed E-state index contributed by atoms with van der Waals surface area (Å²) in [7, 11) is 0. The Bertz CT molecular complexity index is 387. The van der Waals surface area contributed by atoms with Crippen molar-refractivity contribution in [3.63, 3.8) is 0 Å². The van der Waals surface area contributed by atoms with Crippen LogP contribution in [0.25, 0.3) is 0 Å². The van der Waals surface area contributed by atoms with Gasteiger partial charge in [0.2, 0.25) is 0 Å². The molecule has 1 heterocycles. The largest absolute Gasteiger partial charge is 0.396 e. The molecule has 0 spiro atoms. The smallest absolute Gasteiger partial charge is 0.0605 e. The van der Waals surface area contributed by atoms with Crippen molar-refractivity contribution < 1.29 is 5.11 Å². The molecule has 3 nitrogen and oxygen atoms in total. The van der Waals surface area contributed by atoms with Gasteiger partial charge in [-0.3, -0.25) is 4.98 Å². The predicted octanol–water partition coefficient (Wildman–Crippen LogP) is 1.43. The van der Waals surface area contributed by atoms with Gasteiger partial charge in [-0.05, 0) is 37.3 Å². The SMILES string of the molecule is OCC1(CNC2CCc3cccnc32)CC1. The van der Waals surface area contributed by atoms with Crippen LogP contribution in [0.2, 0.25) is 0 Å². The van der Waals surface area contributed by atoms with Crippen LogP contribution < -0.4 is 5.32 Å². The molecule has 1 atom stereocenters. The van der Waals surface area contributed by atoms with Crippen LogP contribution in [0.5, 0.6) is 0 Å². The highest BCUT2D eigenvalue weighted by Crippen LogP contribution is 2.45. The molecule has 3 rings (SSSR count). The minimum Gasteiger partial charge on any atom is -0.396 e. The van der Waals surface area contributed by atoms with Crippen LogP contribution in [0.1, 0.15) is 36.6 Å². The summed E-state index contributed by atoms with van der Waals surface area (Å²) in [5.74, 6) is 0. The lowest BCUT2D eigenvalue weighted by Gasteiger charge is -2.17. The zero-order valence-corrected chi connectivity index (χ0v) is 9.45. The maximum Gasteiger partial charge on any atom is 0.0605 e. The van der Waals surface area contributed by atoms with Crippen molar-refractivity contribution in [2.45, 2.75) is 31.7 Å². The van der Waals surface area contributed by atoms with E-state index in [9.17, 15) is 5.11 Å². The highest BCUT2D eigenvalue weighted by Gasteiger charge is 2.42. The van der Waals surface area contributed by atoms with E-state index >= 15 is 0 Å². The van der Waals surface area contributed by atoms with Crippen molar-refractivity contribution in [3.05, 3.63) is 29.6 Å². The van der Waals surface area contributed by atoms with E-state index in [-0.39, 0.29) is 5.41 Å². The van der Waals surface area contributed by atoms with E-state index in [4.69, 9.17) is 0 Å². The van der Waals surface area contributed by atoms with Gasteiger partial charge in [0, 0.05) is 24.8 Å². The Morgan fingerprint density at radius 3 is 3.12 bits per heavy atom. The standard InChI is InChI=1S/C13H18N2O/c16-9-13(5-6-13)8-15-11-4-3-10-2-1-7-14-12(10)11/h1-2,7,11,15-16H,3-6,8-9H2. The summed E-state index contributed by atoms with van der Waals surface area (Å²) in [5.41, 5.74) is 2.79. The van der Waals surface area contributed by atoms with E-state index in [2.05, 4.69) is 16.4 Å². The molecule has 0 amide bonds. The Labute approximate surface area is 95.9 Å². The molecule has 2 aliphatic rings. The molecule has 1 aromatic heterocycles. The summed E-state index contributed by atoms with van der Waals surface area (Å²) >= 11 is 0. The molecule has 86 valence electrons. The first kappa shape index (κ1) is 10.2. The molecule has 16 heavy (non-hydrogen) atoms. The number of pyridine rings is 1. The van der Waals surface area contributed by atoms with E-state index in [1.165, 1.54) is 11.3 Å². The molecule has 1 aromatic rings. The van der Waals surface area contributed by atoms with Crippen LogP contribution in [-0.2, 0) is 6.42 Å². The Kier molecular flexibility index (Phi) is 2.45. The third-order valence-electron chi connectivity index (χ3n) is 3.97. The zero-order chi connectivity index (χ0) is 11.0. The van der Waals surface area contributed by atoms with Crippen LogP contribution in [0, 0.1) is 5.41 Å². The molecule has 1 fully saturated rings. The molecule has 2 aliphatic carbocycles. The number of hydrogen-bond donors (Lipinski definition) is 2. The Balaban J connectivity index is 1.65. The number of hydrogen-bond acceptors (Lipinski definition) is 3. The van der Waals surface area contributed by atoms with Gasteiger partial charge in [0.25, 0.3) is 0 Å². The first-order valence-electron chi connectivity index (χ1n) is 6.11. The fourth-order valence-electron chi connectivity index (χ4n) is 2.52. The molecule has 3 heteroatoms. The van der Waals surface area contributed by atoms with Crippen molar-refractivity contribution in [1.82, 2.24) is 10.3 Å². The summed E-state index contributed by atoms with van der Waals surface area (Å²) in [5, 5.41) is 12.8. The van der Waals surface area contributed by atoms with Crippen molar-refractivity contribution in [3.8, 4) is 0 Å². The predicted molar refractivity (Wildman–Crippen MR) is 62.1 cm³/mol. The third kappa shape index (κ3) is 1.74. The van der Waals surface area contributed by atoms with Crippen LogP contribution in [-0.4, -0.2) is 23.2 Å². The number of aryl methyl sites for hydroxylation is 1. The summed E-state index contributed by atoms with van der Waals surface area (Å²) in [4.78, 5) is 4.46. The summed E-state index contributed by atoms with van der Waals surface area (Å²) in [6, 6.07) is 4.58. The van der Waals surface area contributed by atoms with Crippen LogP contribution in [0.15, 0.2) is 18.3 Å². The molecule has 0 bridgehead atoms. The van der Waals surface area contributed by atoms with Gasteiger partial charge < -0.3 is 10.4 Å². The monoisotopic (exact) mass is 218 g/mol. The minimum atomic E-state index is 0.192. The first-order chi connectivity index (χ1) is 7.83. The molecule has 1 saturated carbocycles. The number of nitrogens with zero attached hydrogens (tertiary/aromatic N) is 1. The van der Waals surface area contributed by atoms with Crippen molar-refractivity contribution in [2.24, 2.45) is 5.41 Å². The fraction of sp³-hybridized carbons (Fsp3) is 0.615. The number of fused-ring (bicyclic) bond motifs is 1. The lowest BCUT2D eigenvalue weighted by atomic mass is 10.1. The van der Waals surface area contributed by atoms with E-state index < -0.39 is 0 Å². The zero-order valence-electron chi connectivity index (χ0n) is 9.45. The number of aromatic nitrogens is 1. The van der Waals surface area contributed by atoms with E-state index in [1.807, 2.05) is 12.3 Å². The highest BCUT2D eigenvalue weighted by atomic mass is 16.3. The maximum absolute atomic E-state index is 9.27. The Morgan fingerprint density at radius 1 is 1.50 bits per heavy atom. The number of aliphatic hydroxyl groups is 1. The average Bonchev–Trinajstić information content (AvgIpc) is 3.01. The van der Waals surface area contributed by atoms with Gasteiger partial charge in [-0.15, -0.1) is 0 Å². The Hall–Kier alpha value is -0.930. The van der Waals surface area contributed by atoms with Crippen molar-refractivity contribution in [2.75, 3.05) is 13.2 Å². The van der Waals surface area contributed by atoms with E-state index in [1.54, 1.807) is 0 Å². The summed E-state index contributed by atoms with van der Waals surface area (Å²) < 4.78 is 0.